The third-order valence-electron chi connectivity index (χ3n) is 4.12. The molecule has 0 heterocycles. The average Bonchev–Trinajstić information content (AvgIpc) is 2.43. The molecule has 1 unspecified atom stereocenters. The first-order valence-corrected chi connectivity index (χ1v) is 8.98. The average molecular weight is 374 g/mol. The van der Waals surface area contributed by atoms with Gasteiger partial charge < -0.3 is 21.5 Å². The largest absolute Gasteiger partial charge is 1.00 e. The van der Waals surface area contributed by atoms with Crippen LogP contribution in [0.2, 0.25) is 0 Å². The van der Waals surface area contributed by atoms with Gasteiger partial charge in [0.15, 0.2) is 0 Å². The Hall–Kier alpha value is 0.01000. The number of hydrogen-bond donors (Lipinski definition) is 0. The Labute approximate surface area is 146 Å². The number of rotatable bonds is 10. The Bertz CT molecular complexity index is 353. The lowest BCUT2D eigenvalue weighted by atomic mass is 10.1. The molecule has 0 N–H and O–H groups in total. The summed E-state index contributed by atoms with van der Waals surface area (Å²) in [5.74, 6) is 0. The molecule has 0 saturated carbocycles. The summed E-state index contributed by atoms with van der Waals surface area (Å²) in [5, 5.41) is 0.605. The first kappa shape index (κ1) is 21.0. The van der Waals surface area contributed by atoms with Gasteiger partial charge in [0.2, 0.25) is 0 Å². The molecule has 0 bridgehead atoms. The second-order valence-electron chi connectivity index (χ2n) is 6.30. The molecule has 0 saturated heterocycles. The molecular weight excluding hydrogens is 342 g/mol. The van der Waals surface area contributed by atoms with Crippen molar-refractivity contribution >= 4 is 11.8 Å². The van der Waals surface area contributed by atoms with Crippen LogP contribution in [0, 0.1) is 0 Å². The lowest BCUT2D eigenvalue weighted by molar-refractivity contribution is -0.898. The van der Waals surface area contributed by atoms with Crippen LogP contribution in [0.25, 0.3) is 0 Å². The fourth-order valence-corrected chi connectivity index (χ4v) is 3.42. The maximum Gasteiger partial charge on any atom is 0.137 e. The second kappa shape index (κ2) is 11.6. The van der Waals surface area contributed by atoms with Crippen LogP contribution in [-0.2, 0) is 0 Å². The van der Waals surface area contributed by atoms with E-state index in [9.17, 15) is 0 Å². The summed E-state index contributed by atoms with van der Waals surface area (Å²) >= 11 is 1.99. The molecule has 122 valence electrons. The molecule has 0 aromatic heterocycles. The summed E-state index contributed by atoms with van der Waals surface area (Å²) in [7, 11) is 4.74. The molecule has 0 amide bonds. The van der Waals surface area contributed by atoms with E-state index < -0.39 is 0 Å². The standard InChI is InChI=1S/C18H32NS.BrH/c1-5-6-7-8-9-13-16-19(3,4)17(2)20-18-14-11-10-12-15-18;/h10-12,14-15,17H,5-9,13,16H2,1-4H3;1H/q+1;/p-1. The Kier molecular flexibility index (Phi) is 11.6. The third kappa shape index (κ3) is 8.90. The topological polar surface area (TPSA) is 0 Å². The smallest absolute Gasteiger partial charge is 0.137 e. The van der Waals surface area contributed by atoms with E-state index >= 15 is 0 Å². The minimum absolute atomic E-state index is 0. The Balaban J connectivity index is 0.00000400. The fourth-order valence-electron chi connectivity index (χ4n) is 2.32. The predicted molar refractivity (Wildman–Crippen MR) is 92.1 cm³/mol. The van der Waals surface area contributed by atoms with Crippen LogP contribution in [0.15, 0.2) is 35.2 Å². The SMILES string of the molecule is CCCCCCCC[N+](C)(C)C(C)Sc1ccccc1.[Br-]. The van der Waals surface area contributed by atoms with Crippen molar-refractivity contribution in [3.63, 3.8) is 0 Å². The van der Waals surface area contributed by atoms with E-state index in [4.69, 9.17) is 0 Å². The number of nitrogens with zero attached hydrogens (tertiary/aromatic N) is 1. The molecule has 1 aromatic carbocycles. The Morgan fingerprint density at radius 1 is 0.952 bits per heavy atom. The highest BCUT2D eigenvalue weighted by atomic mass is 79.9. The van der Waals surface area contributed by atoms with Crippen molar-refractivity contribution in [3.05, 3.63) is 30.3 Å². The molecule has 0 spiro atoms. The van der Waals surface area contributed by atoms with E-state index in [0.717, 1.165) is 4.48 Å². The van der Waals surface area contributed by atoms with Gasteiger partial charge in [-0.25, -0.2) is 0 Å². The van der Waals surface area contributed by atoms with Crippen LogP contribution >= 0.6 is 11.8 Å². The van der Waals surface area contributed by atoms with Crippen LogP contribution in [0.3, 0.4) is 0 Å². The fraction of sp³-hybridized carbons (Fsp3) is 0.667. The molecule has 0 aliphatic heterocycles. The molecular formula is C18H32BrNS. The van der Waals surface area contributed by atoms with Crippen molar-refractivity contribution in [2.24, 2.45) is 0 Å². The highest BCUT2D eigenvalue weighted by Gasteiger charge is 2.24. The molecule has 21 heavy (non-hydrogen) atoms. The Morgan fingerprint density at radius 3 is 2.14 bits per heavy atom. The predicted octanol–water partition coefficient (Wildman–Crippen LogP) is 2.57. The van der Waals surface area contributed by atoms with Gasteiger partial charge in [0, 0.05) is 4.90 Å². The highest BCUT2D eigenvalue weighted by molar-refractivity contribution is 7.99. The first-order chi connectivity index (χ1) is 9.56. The lowest BCUT2D eigenvalue weighted by Gasteiger charge is -2.35. The number of thioether (sulfide) groups is 1. The summed E-state index contributed by atoms with van der Waals surface area (Å²) in [5.41, 5.74) is 0. The van der Waals surface area contributed by atoms with E-state index in [-0.39, 0.29) is 17.0 Å². The molecule has 1 nitrogen and oxygen atoms in total. The summed E-state index contributed by atoms with van der Waals surface area (Å²) < 4.78 is 1.10. The number of halogens is 1. The van der Waals surface area contributed by atoms with E-state index in [0.29, 0.717) is 5.37 Å². The van der Waals surface area contributed by atoms with Crippen LogP contribution in [0.5, 0.6) is 0 Å². The quantitative estimate of drug-likeness (QED) is 0.263. The summed E-state index contributed by atoms with van der Waals surface area (Å²) in [4.78, 5) is 1.38. The zero-order valence-corrected chi connectivity index (χ0v) is 16.5. The zero-order valence-electron chi connectivity index (χ0n) is 14.1. The van der Waals surface area contributed by atoms with Crippen LogP contribution in [0.1, 0.15) is 52.4 Å². The molecule has 3 heteroatoms. The molecule has 0 radical (unpaired) electrons. The normalized spacial score (nSPS) is 12.8. The summed E-state index contributed by atoms with van der Waals surface area (Å²) in [6.45, 7) is 5.92. The van der Waals surface area contributed by atoms with Gasteiger partial charge in [-0.05, 0) is 31.9 Å². The Morgan fingerprint density at radius 2 is 1.52 bits per heavy atom. The molecule has 1 atom stereocenters. The van der Waals surface area contributed by atoms with Gasteiger partial charge in [-0.3, -0.25) is 0 Å². The number of benzene rings is 1. The molecule has 1 aromatic rings. The zero-order chi connectivity index (χ0) is 14.8. The summed E-state index contributed by atoms with van der Waals surface area (Å²) in [6, 6.07) is 10.8. The van der Waals surface area contributed by atoms with E-state index in [1.54, 1.807) is 0 Å². The van der Waals surface area contributed by atoms with E-state index in [2.05, 4.69) is 58.3 Å². The third-order valence-corrected chi connectivity index (χ3v) is 5.58. The molecule has 0 fully saturated rings. The first-order valence-electron chi connectivity index (χ1n) is 8.10. The molecule has 1 rings (SSSR count). The van der Waals surface area contributed by atoms with Crippen molar-refractivity contribution in [1.29, 1.82) is 0 Å². The van der Waals surface area contributed by atoms with Gasteiger partial charge >= 0.3 is 0 Å². The number of quaternary nitrogens is 1. The van der Waals surface area contributed by atoms with Crippen LogP contribution in [-0.4, -0.2) is 30.5 Å². The highest BCUT2D eigenvalue weighted by Crippen LogP contribution is 2.28. The van der Waals surface area contributed by atoms with Gasteiger partial charge in [0.25, 0.3) is 0 Å². The monoisotopic (exact) mass is 373 g/mol. The van der Waals surface area contributed by atoms with Crippen molar-refractivity contribution in [1.82, 2.24) is 0 Å². The summed E-state index contributed by atoms with van der Waals surface area (Å²) in [6.07, 6.45) is 8.32. The van der Waals surface area contributed by atoms with Crippen LogP contribution < -0.4 is 17.0 Å². The minimum atomic E-state index is 0. The van der Waals surface area contributed by atoms with Crippen molar-refractivity contribution in [3.8, 4) is 0 Å². The molecule has 0 aliphatic carbocycles. The number of hydrogen-bond acceptors (Lipinski definition) is 1. The van der Waals surface area contributed by atoms with Gasteiger partial charge in [-0.2, -0.15) is 0 Å². The van der Waals surface area contributed by atoms with Gasteiger partial charge in [0.05, 0.1) is 20.6 Å². The number of unbranched alkanes of at least 4 members (excludes halogenated alkanes) is 5. The van der Waals surface area contributed by atoms with Crippen LogP contribution in [0.4, 0.5) is 0 Å². The maximum atomic E-state index is 2.37. The lowest BCUT2D eigenvalue weighted by Crippen LogP contribution is -3.00. The van der Waals surface area contributed by atoms with Gasteiger partial charge in [0.1, 0.15) is 5.37 Å². The van der Waals surface area contributed by atoms with E-state index in [1.165, 1.54) is 50.0 Å². The molecule has 0 aliphatic rings. The maximum absolute atomic E-state index is 2.37. The van der Waals surface area contributed by atoms with Gasteiger partial charge in [-0.1, -0.05) is 62.6 Å². The van der Waals surface area contributed by atoms with Crippen molar-refractivity contribution < 1.29 is 21.5 Å². The van der Waals surface area contributed by atoms with E-state index in [1.807, 2.05) is 11.8 Å². The van der Waals surface area contributed by atoms with Gasteiger partial charge in [-0.15, -0.1) is 0 Å². The minimum Gasteiger partial charge on any atom is -1.00 e. The van der Waals surface area contributed by atoms with Crippen molar-refractivity contribution in [2.45, 2.75) is 62.6 Å². The second-order valence-corrected chi connectivity index (χ2v) is 7.69. The van der Waals surface area contributed by atoms with Crippen molar-refractivity contribution in [2.75, 3.05) is 20.6 Å².